The largest absolute Gasteiger partial charge is 0.396 e. The molecule has 0 saturated heterocycles. The van der Waals surface area contributed by atoms with Crippen LogP contribution in [0.3, 0.4) is 0 Å². The summed E-state index contributed by atoms with van der Waals surface area (Å²) < 4.78 is 5.22. The Labute approximate surface area is 80.5 Å². The van der Waals surface area contributed by atoms with Gasteiger partial charge in [0.25, 0.3) is 0 Å². The molecule has 0 radical (unpaired) electrons. The van der Waals surface area contributed by atoms with Crippen molar-refractivity contribution >= 4 is 0 Å². The summed E-state index contributed by atoms with van der Waals surface area (Å²) in [5.41, 5.74) is 0.432. The van der Waals surface area contributed by atoms with Crippen LogP contribution in [-0.2, 0) is 4.74 Å². The number of hydrogen-bond donors (Lipinski definition) is 2. The normalized spacial score (nSPS) is 18.9. The third-order valence-corrected chi connectivity index (χ3v) is 2.73. The zero-order chi connectivity index (χ0) is 9.57. The van der Waals surface area contributed by atoms with Crippen molar-refractivity contribution in [1.29, 1.82) is 0 Å². The fourth-order valence-corrected chi connectivity index (χ4v) is 1.57. The molecule has 13 heavy (non-hydrogen) atoms. The number of nitrogens with one attached hydrogen (secondary N) is 1. The molecule has 0 aromatic carbocycles. The zero-order valence-electron chi connectivity index (χ0n) is 8.51. The second-order valence-electron chi connectivity index (χ2n) is 3.85. The third kappa shape index (κ3) is 4.07. The molecule has 0 amide bonds. The molecule has 3 nitrogen and oxygen atoms in total. The van der Waals surface area contributed by atoms with Crippen LogP contribution >= 0.6 is 0 Å². The highest BCUT2D eigenvalue weighted by Crippen LogP contribution is 2.47. The van der Waals surface area contributed by atoms with E-state index in [0.29, 0.717) is 12.0 Å². The van der Waals surface area contributed by atoms with Gasteiger partial charge in [-0.1, -0.05) is 0 Å². The van der Waals surface area contributed by atoms with Gasteiger partial charge in [-0.2, -0.15) is 0 Å². The van der Waals surface area contributed by atoms with Gasteiger partial charge < -0.3 is 15.2 Å². The summed E-state index contributed by atoms with van der Waals surface area (Å²) in [6.45, 7) is 5.90. The first kappa shape index (κ1) is 11.0. The van der Waals surface area contributed by atoms with Crippen LogP contribution in [0.1, 0.15) is 26.2 Å². The van der Waals surface area contributed by atoms with E-state index in [2.05, 4.69) is 5.32 Å². The fourth-order valence-electron chi connectivity index (χ4n) is 1.57. The Balaban J connectivity index is 1.93. The molecule has 0 unspecified atom stereocenters. The van der Waals surface area contributed by atoms with Gasteiger partial charge in [-0.05, 0) is 31.6 Å². The van der Waals surface area contributed by atoms with Gasteiger partial charge in [0.05, 0.1) is 6.61 Å². The molecule has 1 fully saturated rings. The van der Waals surface area contributed by atoms with Gasteiger partial charge in [0, 0.05) is 26.3 Å². The topological polar surface area (TPSA) is 41.5 Å². The Kier molecular flexibility index (Phi) is 4.70. The minimum atomic E-state index is 0.327. The summed E-state index contributed by atoms with van der Waals surface area (Å²) in [4.78, 5) is 0. The van der Waals surface area contributed by atoms with Crippen LogP contribution < -0.4 is 5.32 Å². The Bertz CT molecular complexity index is 135. The van der Waals surface area contributed by atoms with Gasteiger partial charge in [0.15, 0.2) is 0 Å². The van der Waals surface area contributed by atoms with Crippen LogP contribution in [0.2, 0.25) is 0 Å². The molecule has 2 N–H and O–H groups in total. The smallest absolute Gasteiger partial charge is 0.0590 e. The first-order chi connectivity index (χ1) is 6.33. The second kappa shape index (κ2) is 5.58. The molecule has 78 valence electrons. The van der Waals surface area contributed by atoms with Gasteiger partial charge in [-0.3, -0.25) is 0 Å². The number of hydrogen-bond acceptors (Lipinski definition) is 3. The Hall–Kier alpha value is -0.120. The molecule has 0 bridgehead atoms. The molecular formula is C10H21NO2. The summed E-state index contributed by atoms with van der Waals surface area (Å²) in [6, 6.07) is 0. The van der Waals surface area contributed by atoms with Crippen molar-refractivity contribution in [2.24, 2.45) is 5.41 Å². The minimum Gasteiger partial charge on any atom is -0.396 e. The van der Waals surface area contributed by atoms with Gasteiger partial charge in [0.1, 0.15) is 0 Å². The van der Waals surface area contributed by atoms with Crippen LogP contribution in [0.5, 0.6) is 0 Å². The highest BCUT2D eigenvalue weighted by Gasteiger charge is 2.41. The van der Waals surface area contributed by atoms with Crippen LogP contribution in [0, 0.1) is 5.41 Å². The minimum absolute atomic E-state index is 0.327. The number of rotatable bonds is 8. The maximum absolute atomic E-state index is 8.83. The molecule has 0 heterocycles. The van der Waals surface area contributed by atoms with Gasteiger partial charge in [-0.25, -0.2) is 0 Å². The van der Waals surface area contributed by atoms with E-state index >= 15 is 0 Å². The summed E-state index contributed by atoms with van der Waals surface area (Å²) in [5.74, 6) is 0. The number of ether oxygens (including phenoxy) is 1. The van der Waals surface area contributed by atoms with E-state index in [1.807, 2.05) is 6.92 Å². The summed E-state index contributed by atoms with van der Waals surface area (Å²) >= 11 is 0. The lowest BCUT2D eigenvalue weighted by Gasteiger charge is -2.14. The van der Waals surface area contributed by atoms with E-state index in [1.54, 1.807) is 0 Å². The van der Waals surface area contributed by atoms with Gasteiger partial charge in [0.2, 0.25) is 0 Å². The van der Waals surface area contributed by atoms with Crippen molar-refractivity contribution in [3.8, 4) is 0 Å². The van der Waals surface area contributed by atoms with Crippen LogP contribution in [0.25, 0.3) is 0 Å². The average Bonchev–Trinajstić information content (AvgIpc) is 2.86. The average molecular weight is 187 g/mol. The Morgan fingerprint density at radius 2 is 2.23 bits per heavy atom. The molecule has 0 aromatic heterocycles. The van der Waals surface area contributed by atoms with Crippen LogP contribution in [-0.4, -0.2) is 38.0 Å². The summed E-state index contributed by atoms with van der Waals surface area (Å²) in [5, 5.41) is 12.2. The van der Waals surface area contributed by atoms with E-state index < -0.39 is 0 Å². The van der Waals surface area contributed by atoms with Crippen molar-refractivity contribution in [2.45, 2.75) is 26.2 Å². The molecule has 0 aliphatic heterocycles. The quantitative estimate of drug-likeness (QED) is 0.552. The van der Waals surface area contributed by atoms with E-state index in [-0.39, 0.29) is 0 Å². The molecule has 1 aliphatic carbocycles. The highest BCUT2D eigenvalue weighted by atomic mass is 16.5. The maximum Gasteiger partial charge on any atom is 0.0590 e. The maximum atomic E-state index is 8.83. The van der Waals surface area contributed by atoms with E-state index in [0.717, 1.165) is 32.7 Å². The van der Waals surface area contributed by atoms with E-state index in [9.17, 15) is 0 Å². The second-order valence-corrected chi connectivity index (χ2v) is 3.85. The first-order valence-electron chi connectivity index (χ1n) is 5.22. The van der Waals surface area contributed by atoms with Crippen molar-refractivity contribution in [3.63, 3.8) is 0 Å². The molecule has 1 rings (SSSR count). The lowest BCUT2D eigenvalue weighted by Crippen LogP contribution is -2.27. The van der Waals surface area contributed by atoms with Crippen molar-refractivity contribution in [3.05, 3.63) is 0 Å². The molecule has 0 spiro atoms. The lowest BCUT2D eigenvalue weighted by molar-refractivity contribution is 0.147. The Morgan fingerprint density at radius 3 is 2.77 bits per heavy atom. The van der Waals surface area contributed by atoms with E-state index in [1.165, 1.54) is 12.8 Å². The highest BCUT2D eigenvalue weighted by molar-refractivity contribution is 4.94. The number of aliphatic hydroxyl groups excluding tert-OH is 1. The van der Waals surface area contributed by atoms with E-state index in [4.69, 9.17) is 9.84 Å². The summed E-state index contributed by atoms with van der Waals surface area (Å²) in [7, 11) is 0. The zero-order valence-corrected chi connectivity index (χ0v) is 8.51. The predicted molar refractivity (Wildman–Crippen MR) is 52.7 cm³/mol. The summed E-state index contributed by atoms with van der Waals surface area (Å²) in [6.07, 6.45) is 3.50. The standard InChI is InChI=1S/C10H21NO2/c1-2-13-8-6-11-9-10(3-4-10)5-7-12/h11-12H,2-9H2,1H3. The van der Waals surface area contributed by atoms with Crippen molar-refractivity contribution in [2.75, 3.05) is 32.9 Å². The third-order valence-electron chi connectivity index (χ3n) is 2.73. The number of aliphatic hydroxyl groups is 1. The molecule has 1 saturated carbocycles. The monoisotopic (exact) mass is 187 g/mol. The lowest BCUT2D eigenvalue weighted by atomic mass is 10.0. The van der Waals surface area contributed by atoms with Gasteiger partial charge in [-0.15, -0.1) is 0 Å². The molecule has 0 atom stereocenters. The first-order valence-corrected chi connectivity index (χ1v) is 5.22. The van der Waals surface area contributed by atoms with Crippen LogP contribution in [0.15, 0.2) is 0 Å². The van der Waals surface area contributed by atoms with Crippen molar-refractivity contribution < 1.29 is 9.84 Å². The van der Waals surface area contributed by atoms with Crippen molar-refractivity contribution in [1.82, 2.24) is 5.32 Å². The molecule has 0 aromatic rings. The SMILES string of the molecule is CCOCCNCC1(CCO)CC1. The fraction of sp³-hybridized carbons (Fsp3) is 1.00. The molecular weight excluding hydrogens is 166 g/mol. The van der Waals surface area contributed by atoms with Crippen LogP contribution in [0.4, 0.5) is 0 Å². The van der Waals surface area contributed by atoms with Gasteiger partial charge >= 0.3 is 0 Å². The molecule has 3 heteroatoms. The predicted octanol–water partition coefficient (Wildman–Crippen LogP) is 0.775. The molecule has 1 aliphatic rings. The Morgan fingerprint density at radius 1 is 1.46 bits per heavy atom.